The molecule has 0 spiro atoms. The Morgan fingerprint density at radius 1 is 1.10 bits per heavy atom. The minimum absolute atomic E-state index is 0.0621. The molecule has 4 rings (SSSR count). The normalized spacial score (nSPS) is 16.0. The van der Waals surface area contributed by atoms with Crippen molar-refractivity contribution in [1.29, 1.82) is 0 Å². The van der Waals surface area contributed by atoms with Crippen molar-refractivity contribution in [2.75, 3.05) is 23.9 Å². The van der Waals surface area contributed by atoms with Crippen molar-refractivity contribution in [3.05, 3.63) is 84.1 Å². The van der Waals surface area contributed by atoms with Crippen LogP contribution in [-0.2, 0) is 4.79 Å². The van der Waals surface area contributed by atoms with Crippen molar-refractivity contribution in [2.45, 2.75) is 12.3 Å². The average molecular weight is 387 g/mol. The number of pyridine rings is 1. The van der Waals surface area contributed by atoms with E-state index in [2.05, 4.69) is 10.3 Å². The Morgan fingerprint density at radius 3 is 2.66 bits per heavy atom. The second kappa shape index (κ2) is 8.14. The molecule has 1 N–H and O–H groups in total. The highest BCUT2D eigenvalue weighted by Gasteiger charge is 2.31. The van der Waals surface area contributed by atoms with Crippen molar-refractivity contribution in [3.8, 4) is 5.75 Å². The standard InChI is InChI=1S/C23H21N3O3/c1-29-20-10-6-5-9-19(20)23(28)25-21-14-18(11-12-24-21)26-15-17(13-22(26)27)16-7-3-2-4-8-16/h2-12,14,17H,13,15H2,1H3,(H,24,25,28)/t17-/m0/s1. The number of nitrogens with zero attached hydrogens (tertiary/aromatic N) is 2. The predicted molar refractivity (Wildman–Crippen MR) is 111 cm³/mol. The molecule has 0 saturated carbocycles. The fourth-order valence-electron chi connectivity index (χ4n) is 3.58. The summed E-state index contributed by atoms with van der Waals surface area (Å²) in [6.45, 7) is 0.604. The zero-order valence-corrected chi connectivity index (χ0v) is 16.0. The Morgan fingerprint density at radius 2 is 1.86 bits per heavy atom. The molecule has 2 amide bonds. The number of carbonyl (C=O) groups is 2. The molecule has 0 bridgehead atoms. The highest BCUT2D eigenvalue weighted by molar-refractivity contribution is 6.06. The molecular weight excluding hydrogens is 366 g/mol. The van der Waals surface area contributed by atoms with Crippen LogP contribution in [0.25, 0.3) is 0 Å². The molecule has 1 fully saturated rings. The summed E-state index contributed by atoms with van der Waals surface area (Å²) in [5, 5.41) is 2.79. The predicted octanol–water partition coefficient (Wildman–Crippen LogP) is 3.86. The van der Waals surface area contributed by atoms with Gasteiger partial charge in [-0.2, -0.15) is 0 Å². The third-order valence-electron chi connectivity index (χ3n) is 5.04. The molecular formula is C23H21N3O3. The van der Waals surface area contributed by atoms with Crippen LogP contribution >= 0.6 is 0 Å². The molecule has 1 aliphatic heterocycles. The molecule has 1 atom stereocenters. The van der Waals surface area contributed by atoms with Gasteiger partial charge in [0.25, 0.3) is 5.91 Å². The molecule has 2 heterocycles. The van der Waals surface area contributed by atoms with E-state index in [9.17, 15) is 9.59 Å². The molecule has 0 unspecified atom stereocenters. The van der Waals surface area contributed by atoms with Gasteiger partial charge in [0.05, 0.1) is 12.7 Å². The van der Waals surface area contributed by atoms with Gasteiger partial charge in [-0.05, 0) is 23.8 Å². The van der Waals surface area contributed by atoms with Crippen LogP contribution in [0, 0.1) is 0 Å². The fraction of sp³-hybridized carbons (Fsp3) is 0.174. The van der Waals surface area contributed by atoms with Crippen LogP contribution in [0.15, 0.2) is 72.9 Å². The Balaban J connectivity index is 1.52. The summed E-state index contributed by atoms with van der Waals surface area (Å²) in [7, 11) is 1.52. The highest BCUT2D eigenvalue weighted by atomic mass is 16.5. The van der Waals surface area contributed by atoms with Crippen molar-refractivity contribution < 1.29 is 14.3 Å². The largest absolute Gasteiger partial charge is 0.496 e. The lowest BCUT2D eigenvalue weighted by Crippen LogP contribution is -2.24. The van der Waals surface area contributed by atoms with Gasteiger partial charge in [-0.3, -0.25) is 9.59 Å². The van der Waals surface area contributed by atoms with Gasteiger partial charge in [0, 0.05) is 36.8 Å². The molecule has 3 aromatic rings. The van der Waals surface area contributed by atoms with Crippen molar-refractivity contribution in [1.82, 2.24) is 4.98 Å². The average Bonchev–Trinajstić information content (AvgIpc) is 3.16. The van der Waals surface area contributed by atoms with E-state index < -0.39 is 0 Å². The van der Waals surface area contributed by atoms with E-state index in [0.717, 1.165) is 11.3 Å². The summed E-state index contributed by atoms with van der Waals surface area (Å²) >= 11 is 0. The molecule has 6 nitrogen and oxygen atoms in total. The molecule has 1 aromatic heterocycles. The second-order valence-corrected chi connectivity index (χ2v) is 6.87. The van der Waals surface area contributed by atoms with Gasteiger partial charge < -0.3 is 15.0 Å². The van der Waals surface area contributed by atoms with Gasteiger partial charge in [0.15, 0.2) is 0 Å². The van der Waals surface area contributed by atoms with Gasteiger partial charge in [0.2, 0.25) is 5.91 Å². The summed E-state index contributed by atoms with van der Waals surface area (Å²) in [6, 6.07) is 20.5. The second-order valence-electron chi connectivity index (χ2n) is 6.87. The van der Waals surface area contributed by atoms with Gasteiger partial charge in [-0.1, -0.05) is 42.5 Å². The third-order valence-corrected chi connectivity index (χ3v) is 5.04. The maximum absolute atomic E-state index is 12.6. The number of nitrogens with one attached hydrogen (secondary N) is 1. The first-order valence-electron chi connectivity index (χ1n) is 9.41. The Labute approximate surface area is 169 Å². The van der Waals surface area contributed by atoms with Crippen molar-refractivity contribution >= 4 is 23.3 Å². The first-order valence-corrected chi connectivity index (χ1v) is 9.41. The lowest BCUT2D eigenvalue weighted by molar-refractivity contribution is -0.117. The minimum Gasteiger partial charge on any atom is -0.496 e. The molecule has 1 aliphatic rings. The smallest absolute Gasteiger partial charge is 0.260 e. The number of aromatic nitrogens is 1. The first kappa shape index (κ1) is 18.7. The van der Waals surface area contributed by atoms with E-state index in [1.54, 1.807) is 47.5 Å². The van der Waals surface area contributed by atoms with Crippen LogP contribution < -0.4 is 15.0 Å². The zero-order valence-electron chi connectivity index (χ0n) is 16.0. The van der Waals surface area contributed by atoms with Crippen LogP contribution in [0.4, 0.5) is 11.5 Å². The topological polar surface area (TPSA) is 71.5 Å². The number of anilines is 2. The number of rotatable bonds is 5. The van der Waals surface area contributed by atoms with E-state index >= 15 is 0 Å². The molecule has 0 radical (unpaired) electrons. The lowest BCUT2D eigenvalue weighted by atomic mass is 9.99. The molecule has 6 heteroatoms. The van der Waals surface area contributed by atoms with Crippen LogP contribution in [0.5, 0.6) is 5.75 Å². The number of para-hydroxylation sites is 1. The van der Waals surface area contributed by atoms with Crippen LogP contribution in [0.3, 0.4) is 0 Å². The maximum Gasteiger partial charge on any atom is 0.260 e. The molecule has 0 aliphatic carbocycles. The zero-order chi connectivity index (χ0) is 20.2. The van der Waals surface area contributed by atoms with Gasteiger partial charge in [0.1, 0.15) is 11.6 Å². The summed E-state index contributed by atoms with van der Waals surface area (Å²) in [5.74, 6) is 0.772. The maximum atomic E-state index is 12.6. The van der Waals surface area contributed by atoms with Gasteiger partial charge in [-0.25, -0.2) is 4.98 Å². The van der Waals surface area contributed by atoms with E-state index in [1.165, 1.54) is 7.11 Å². The number of amides is 2. The number of benzene rings is 2. The SMILES string of the molecule is COc1ccccc1C(=O)Nc1cc(N2C[C@@H](c3ccccc3)CC2=O)ccn1. The molecule has 29 heavy (non-hydrogen) atoms. The van der Waals surface area contributed by atoms with Crippen molar-refractivity contribution in [2.24, 2.45) is 0 Å². The number of methoxy groups -OCH3 is 1. The Bertz CT molecular complexity index is 1040. The number of carbonyl (C=O) groups excluding carboxylic acids is 2. The lowest BCUT2D eigenvalue weighted by Gasteiger charge is -2.18. The summed E-state index contributed by atoms with van der Waals surface area (Å²) < 4.78 is 5.24. The monoisotopic (exact) mass is 387 g/mol. The van der Waals surface area contributed by atoms with E-state index in [0.29, 0.717) is 30.1 Å². The van der Waals surface area contributed by atoms with E-state index in [4.69, 9.17) is 4.74 Å². The molecule has 146 valence electrons. The fourth-order valence-corrected chi connectivity index (χ4v) is 3.58. The van der Waals surface area contributed by atoms with Crippen molar-refractivity contribution in [3.63, 3.8) is 0 Å². The number of hydrogen-bond donors (Lipinski definition) is 1. The summed E-state index contributed by atoms with van der Waals surface area (Å²) in [4.78, 5) is 31.2. The van der Waals surface area contributed by atoms with Crippen LogP contribution in [-0.4, -0.2) is 30.5 Å². The quantitative estimate of drug-likeness (QED) is 0.722. The minimum atomic E-state index is -0.318. The van der Waals surface area contributed by atoms with E-state index in [-0.39, 0.29) is 17.7 Å². The highest BCUT2D eigenvalue weighted by Crippen LogP contribution is 2.32. The summed E-state index contributed by atoms with van der Waals surface area (Å²) in [5.41, 5.74) is 2.30. The first-order chi connectivity index (χ1) is 14.2. The number of hydrogen-bond acceptors (Lipinski definition) is 4. The van der Waals surface area contributed by atoms with Gasteiger partial charge >= 0.3 is 0 Å². The molecule has 2 aromatic carbocycles. The Kier molecular flexibility index (Phi) is 5.24. The van der Waals surface area contributed by atoms with Crippen LogP contribution in [0.2, 0.25) is 0 Å². The third kappa shape index (κ3) is 3.96. The van der Waals surface area contributed by atoms with E-state index in [1.807, 2.05) is 30.3 Å². The molecule has 1 saturated heterocycles. The summed E-state index contributed by atoms with van der Waals surface area (Å²) in [6.07, 6.45) is 2.06. The Hall–Kier alpha value is -3.67. The van der Waals surface area contributed by atoms with Gasteiger partial charge in [-0.15, -0.1) is 0 Å². The number of ether oxygens (including phenoxy) is 1. The van der Waals surface area contributed by atoms with Crippen LogP contribution in [0.1, 0.15) is 28.3 Å².